The predicted molar refractivity (Wildman–Crippen MR) is 87.4 cm³/mol. The molecule has 0 unspecified atom stereocenters. The first-order valence-corrected chi connectivity index (χ1v) is 7.29. The molecule has 2 rings (SSSR count). The monoisotopic (exact) mass is 358 g/mol. The average molecular weight is 358 g/mol. The molecule has 10 heteroatoms. The van der Waals surface area contributed by atoms with Gasteiger partial charge in [0.2, 0.25) is 0 Å². The number of benzene rings is 1. The van der Waals surface area contributed by atoms with Gasteiger partial charge >= 0.3 is 11.9 Å². The second kappa shape index (κ2) is 8.87. The van der Waals surface area contributed by atoms with Crippen molar-refractivity contribution in [3.63, 3.8) is 0 Å². The van der Waals surface area contributed by atoms with Crippen molar-refractivity contribution in [2.45, 2.75) is 0 Å². The van der Waals surface area contributed by atoms with Crippen LogP contribution in [0.2, 0.25) is 0 Å². The van der Waals surface area contributed by atoms with E-state index in [1.54, 1.807) is 0 Å². The molecule has 0 spiro atoms. The first-order valence-electron chi connectivity index (χ1n) is 7.29. The number of carbonyl (C=O) groups excluding carboxylic acids is 3. The van der Waals surface area contributed by atoms with Crippen LogP contribution in [0, 0.1) is 0 Å². The molecule has 0 saturated carbocycles. The van der Waals surface area contributed by atoms with Crippen LogP contribution >= 0.6 is 0 Å². The molecule has 0 aliphatic rings. The number of rotatable bonds is 7. The van der Waals surface area contributed by atoms with E-state index in [0.717, 1.165) is 0 Å². The molecule has 26 heavy (non-hydrogen) atoms. The summed E-state index contributed by atoms with van der Waals surface area (Å²) >= 11 is 0. The van der Waals surface area contributed by atoms with Gasteiger partial charge in [-0.15, -0.1) is 0 Å². The summed E-state index contributed by atoms with van der Waals surface area (Å²) in [5.41, 5.74) is 0.593. The van der Waals surface area contributed by atoms with Crippen LogP contribution in [0.3, 0.4) is 0 Å². The Morgan fingerprint density at radius 3 is 2.42 bits per heavy atom. The standard InChI is InChI=1S/C16H14N4O6/c21-13(9-26-16(25)12-7-17-5-6-18-12)20-11-3-1-10(2-4-11)15(24)19-8-14(22)23/h1-7H,8-9H2,(H,19,24)(H,20,21)(H,22,23). The summed E-state index contributed by atoms with van der Waals surface area (Å²) in [7, 11) is 0. The lowest BCUT2D eigenvalue weighted by atomic mass is 10.2. The Balaban J connectivity index is 1.82. The molecule has 10 nitrogen and oxygen atoms in total. The molecule has 1 aromatic heterocycles. The fourth-order valence-electron chi connectivity index (χ4n) is 1.77. The number of anilines is 1. The lowest BCUT2D eigenvalue weighted by Crippen LogP contribution is -2.29. The summed E-state index contributed by atoms with van der Waals surface area (Å²) in [4.78, 5) is 53.0. The number of aliphatic carboxylic acids is 1. The zero-order chi connectivity index (χ0) is 18.9. The Labute approximate surface area is 147 Å². The van der Waals surface area contributed by atoms with Crippen molar-refractivity contribution in [2.75, 3.05) is 18.5 Å². The first-order chi connectivity index (χ1) is 12.5. The lowest BCUT2D eigenvalue weighted by Gasteiger charge is -2.07. The maximum absolute atomic E-state index is 11.8. The molecule has 0 fully saturated rings. The number of carbonyl (C=O) groups is 4. The summed E-state index contributed by atoms with van der Waals surface area (Å²) in [6.07, 6.45) is 3.94. The zero-order valence-electron chi connectivity index (χ0n) is 13.3. The van der Waals surface area contributed by atoms with E-state index in [1.165, 1.54) is 42.9 Å². The van der Waals surface area contributed by atoms with Crippen LogP contribution in [-0.4, -0.2) is 52.0 Å². The van der Waals surface area contributed by atoms with Gasteiger partial charge in [-0.2, -0.15) is 0 Å². The molecule has 0 atom stereocenters. The molecule has 0 aliphatic carbocycles. The summed E-state index contributed by atoms with van der Waals surface area (Å²) in [5.74, 6) is -3.06. The number of aromatic nitrogens is 2. The smallest absolute Gasteiger partial charge is 0.359 e. The van der Waals surface area contributed by atoms with Crippen LogP contribution in [0.25, 0.3) is 0 Å². The summed E-state index contributed by atoms with van der Waals surface area (Å²) < 4.78 is 4.81. The Morgan fingerprint density at radius 2 is 1.81 bits per heavy atom. The van der Waals surface area contributed by atoms with Gasteiger partial charge in [0.15, 0.2) is 12.3 Å². The summed E-state index contributed by atoms with van der Waals surface area (Å²) in [5, 5.41) is 13.2. The third-order valence-corrected chi connectivity index (χ3v) is 2.94. The van der Waals surface area contributed by atoms with Crippen molar-refractivity contribution in [3.05, 3.63) is 54.1 Å². The highest BCUT2D eigenvalue weighted by atomic mass is 16.5. The van der Waals surface area contributed by atoms with Crippen LogP contribution in [0.1, 0.15) is 20.8 Å². The minimum absolute atomic E-state index is 0.0166. The quantitative estimate of drug-likeness (QED) is 0.590. The van der Waals surface area contributed by atoms with E-state index < -0.39 is 36.9 Å². The van der Waals surface area contributed by atoms with Gasteiger partial charge in [-0.25, -0.2) is 9.78 Å². The van der Waals surface area contributed by atoms with Crippen LogP contribution in [0.5, 0.6) is 0 Å². The number of carboxylic acid groups (broad SMARTS) is 1. The van der Waals surface area contributed by atoms with Gasteiger partial charge < -0.3 is 20.5 Å². The first kappa shape index (κ1) is 18.5. The third-order valence-electron chi connectivity index (χ3n) is 2.94. The highest BCUT2D eigenvalue weighted by Gasteiger charge is 2.12. The second-order valence-electron chi connectivity index (χ2n) is 4.87. The number of esters is 1. The molecule has 1 aromatic carbocycles. The predicted octanol–water partition coefficient (Wildman–Crippen LogP) is 0.0865. The fraction of sp³-hybridized carbons (Fsp3) is 0.125. The van der Waals surface area contributed by atoms with Gasteiger partial charge in [-0.05, 0) is 24.3 Å². The van der Waals surface area contributed by atoms with Gasteiger partial charge in [0, 0.05) is 23.6 Å². The number of nitrogens with zero attached hydrogens (tertiary/aromatic N) is 2. The molecule has 0 aliphatic heterocycles. The molecule has 134 valence electrons. The van der Waals surface area contributed by atoms with E-state index in [4.69, 9.17) is 9.84 Å². The molecular weight excluding hydrogens is 344 g/mol. The number of hydrogen-bond donors (Lipinski definition) is 3. The molecule has 2 amide bonds. The topological polar surface area (TPSA) is 148 Å². The SMILES string of the molecule is O=C(O)CNC(=O)c1ccc(NC(=O)COC(=O)c2cnccn2)cc1. The Bertz CT molecular complexity index is 807. The molecule has 1 heterocycles. The Hall–Kier alpha value is -3.82. The minimum atomic E-state index is -1.15. The van der Waals surface area contributed by atoms with Crippen molar-refractivity contribution in [3.8, 4) is 0 Å². The molecule has 0 radical (unpaired) electrons. The minimum Gasteiger partial charge on any atom is -0.480 e. The van der Waals surface area contributed by atoms with E-state index in [-0.39, 0.29) is 11.3 Å². The van der Waals surface area contributed by atoms with Crippen LogP contribution in [-0.2, 0) is 14.3 Å². The highest BCUT2D eigenvalue weighted by molar-refractivity contribution is 5.97. The molecule has 0 saturated heterocycles. The third kappa shape index (κ3) is 5.67. The van der Waals surface area contributed by atoms with E-state index in [0.29, 0.717) is 5.69 Å². The van der Waals surface area contributed by atoms with Gasteiger partial charge in [-0.1, -0.05) is 0 Å². The number of carboxylic acids is 1. The van der Waals surface area contributed by atoms with Crippen LogP contribution < -0.4 is 10.6 Å². The number of hydrogen-bond acceptors (Lipinski definition) is 7. The molecular formula is C16H14N4O6. The second-order valence-corrected chi connectivity index (χ2v) is 4.87. The maximum atomic E-state index is 11.8. The van der Waals surface area contributed by atoms with Gasteiger partial charge in [-0.3, -0.25) is 19.4 Å². The number of ether oxygens (including phenoxy) is 1. The van der Waals surface area contributed by atoms with Crippen molar-refractivity contribution in [1.82, 2.24) is 15.3 Å². The van der Waals surface area contributed by atoms with Crippen LogP contribution in [0.4, 0.5) is 5.69 Å². The van der Waals surface area contributed by atoms with Crippen molar-refractivity contribution in [1.29, 1.82) is 0 Å². The maximum Gasteiger partial charge on any atom is 0.359 e. The van der Waals surface area contributed by atoms with E-state index in [2.05, 4.69) is 20.6 Å². The number of nitrogens with one attached hydrogen (secondary N) is 2. The normalized spacial score (nSPS) is 9.85. The van der Waals surface area contributed by atoms with Crippen molar-refractivity contribution >= 4 is 29.4 Å². The number of amides is 2. The average Bonchev–Trinajstić information content (AvgIpc) is 2.65. The Morgan fingerprint density at radius 1 is 1.08 bits per heavy atom. The molecule has 3 N–H and O–H groups in total. The van der Waals surface area contributed by atoms with Gasteiger partial charge in [0.1, 0.15) is 6.54 Å². The molecule has 2 aromatic rings. The van der Waals surface area contributed by atoms with E-state index in [1.807, 2.05) is 0 Å². The largest absolute Gasteiger partial charge is 0.480 e. The van der Waals surface area contributed by atoms with Gasteiger partial charge in [0.05, 0.1) is 6.20 Å². The van der Waals surface area contributed by atoms with Crippen molar-refractivity contribution < 1.29 is 29.0 Å². The fourth-order valence-corrected chi connectivity index (χ4v) is 1.77. The highest BCUT2D eigenvalue weighted by Crippen LogP contribution is 2.09. The summed E-state index contributed by atoms with van der Waals surface area (Å²) in [6, 6.07) is 5.74. The van der Waals surface area contributed by atoms with E-state index >= 15 is 0 Å². The Kier molecular flexibility index (Phi) is 6.32. The van der Waals surface area contributed by atoms with Crippen LogP contribution in [0.15, 0.2) is 42.9 Å². The van der Waals surface area contributed by atoms with E-state index in [9.17, 15) is 19.2 Å². The van der Waals surface area contributed by atoms with Gasteiger partial charge in [0.25, 0.3) is 11.8 Å². The lowest BCUT2D eigenvalue weighted by molar-refractivity contribution is -0.135. The van der Waals surface area contributed by atoms with Crippen molar-refractivity contribution in [2.24, 2.45) is 0 Å². The summed E-state index contributed by atoms with van der Waals surface area (Å²) in [6.45, 7) is -1.01. The molecule has 0 bridgehead atoms. The zero-order valence-corrected chi connectivity index (χ0v) is 13.3.